The van der Waals surface area contributed by atoms with E-state index in [2.05, 4.69) is 5.32 Å². The van der Waals surface area contributed by atoms with Gasteiger partial charge in [-0.1, -0.05) is 30.3 Å². The third-order valence-electron chi connectivity index (χ3n) is 3.80. The molecule has 0 aliphatic carbocycles. The lowest BCUT2D eigenvalue weighted by molar-refractivity contribution is -0.152. The lowest BCUT2D eigenvalue weighted by Gasteiger charge is -2.23. The Balaban J connectivity index is 1.90. The molecule has 1 aliphatic heterocycles. The van der Waals surface area contributed by atoms with E-state index in [1.807, 2.05) is 30.3 Å². The topological polar surface area (TPSA) is 83.1 Å². The van der Waals surface area contributed by atoms with Gasteiger partial charge >= 0.3 is 12.1 Å². The van der Waals surface area contributed by atoms with Crippen LogP contribution in [0.4, 0.5) is 4.79 Å². The van der Waals surface area contributed by atoms with Gasteiger partial charge in [0.15, 0.2) is 6.04 Å². The van der Waals surface area contributed by atoms with Crippen LogP contribution in [0.5, 0.6) is 0 Å². The monoisotopic (exact) mass is 379 g/mol. The summed E-state index contributed by atoms with van der Waals surface area (Å²) in [7, 11) is 0. The lowest BCUT2D eigenvalue weighted by Crippen LogP contribution is -2.47. The highest BCUT2D eigenvalue weighted by Gasteiger charge is 2.30. The SMILES string of the molecule is CC1CC(OCc2ccccc2)COC[C@H](NC(=O)OC(C)(C)C)C(=O)O1. The van der Waals surface area contributed by atoms with E-state index in [0.29, 0.717) is 19.6 Å². The zero-order chi connectivity index (χ0) is 19.9. The van der Waals surface area contributed by atoms with Gasteiger partial charge in [0, 0.05) is 6.42 Å². The molecule has 1 aliphatic rings. The number of carbonyl (C=O) groups is 2. The molecule has 150 valence electrons. The van der Waals surface area contributed by atoms with Crippen molar-refractivity contribution in [1.82, 2.24) is 5.32 Å². The van der Waals surface area contributed by atoms with E-state index in [0.717, 1.165) is 5.56 Å². The Labute approximate surface area is 160 Å². The molecule has 0 radical (unpaired) electrons. The Morgan fingerprint density at radius 2 is 1.93 bits per heavy atom. The standard InChI is InChI=1S/C20H29NO6/c1-14-10-16(25-11-15-8-6-5-7-9-15)12-24-13-17(18(22)26-14)21-19(23)27-20(2,3)4/h5-9,14,16-17H,10-13H2,1-4H3,(H,21,23)/t14?,16?,17-/m0/s1. The van der Waals surface area contributed by atoms with Crippen LogP contribution in [-0.2, 0) is 30.3 Å². The molecule has 1 fully saturated rings. The van der Waals surface area contributed by atoms with E-state index in [1.54, 1.807) is 27.7 Å². The summed E-state index contributed by atoms with van der Waals surface area (Å²) in [6.45, 7) is 7.81. The van der Waals surface area contributed by atoms with Crippen molar-refractivity contribution in [2.75, 3.05) is 13.2 Å². The lowest BCUT2D eigenvalue weighted by atomic mass is 10.2. The summed E-state index contributed by atoms with van der Waals surface area (Å²) in [6.07, 6.45) is -0.745. The maximum Gasteiger partial charge on any atom is 0.408 e. The van der Waals surface area contributed by atoms with Gasteiger partial charge in [-0.2, -0.15) is 0 Å². The Morgan fingerprint density at radius 1 is 1.22 bits per heavy atom. The van der Waals surface area contributed by atoms with Crippen LogP contribution in [0, 0.1) is 0 Å². The van der Waals surface area contributed by atoms with Crippen molar-refractivity contribution in [2.45, 2.75) is 64.6 Å². The van der Waals surface area contributed by atoms with Crippen molar-refractivity contribution in [3.05, 3.63) is 35.9 Å². The molecule has 0 aromatic heterocycles. The molecule has 1 aromatic rings. The molecule has 7 heteroatoms. The number of benzene rings is 1. The molecule has 2 rings (SSSR count). The highest BCUT2D eigenvalue weighted by Crippen LogP contribution is 2.14. The third-order valence-corrected chi connectivity index (χ3v) is 3.80. The number of hydrogen-bond donors (Lipinski definition) is 1. The largest absolute Gasteiger partial charge is 0.461 e. The fourth-order valence-electron chi connectivity index (χ4n) is 2.61. The minimum Gasteiger partial charge on any atom is -0.461 e. The Kier molecular flexibility index (Phi) is 7.62. The Morgan fingerprint density at radius 3 is 2.59 bits per heavy atom. The van der Waals surface area contributed by atoms with Crippen molar-refractivity contribution in [2.24, 2.45) is 0 Å². The molecule has 7 nitrogen and oxygen atoms in total. The molecule has 1 aromatic carbocycles. The Hall–Kier alpha value is -2.12. The van der Waals surface area contributed by atoms with E-state index < -0.39 is 23.7 Å². The van der Waals surface area contributed by atoms with Crippen molar-refractivity contribution in [1.29, 1.82) is 0 Å². The highest BCUT2D eigenvalue weighted by molar-refractivity contribution is 5.81. The van der Waals surface area contributed by atoms with Gasteiger partial charge in [0.25, 0.3) is 0 Å². The predicted octanol–water partition coefficient (Wildman–Crippen LogP) is 2.82. The van der Waals surface area contributed by atoms with Gasteiger partial charge in [-0.3, -0.25) is 0 Å². The van der Waals surface area contributed by atoms with Crippen molar-refractivity contribution in [3.8, 4) is 0 Å². The molecular formula is C20H29NO6. The number of rotatable bonds is 4. The number of hydrogen-bond acceptors (Lipinski definition) is 6. The van der Waals surface area contributed by atoms with Crippen LogP contribution >= 0.6 is 0 Å². The van der Waals surface area contributed by atoms with Crippen molar-refractivity contribution >= 4 is 12.1 Å². The molecule has 0 spiro atoms. The molecule has 1 saturated heterocycles. The number of nitrogens with one attached hydrogen (secondary N) is 1. The third kappa shape index (κ3) is 7.97. The van der Waals surface area contributed by atoms with E-state index >= 15 is 0 Å². The molecule has 1 amide bonds. The minimum absolute atomic E-state index is 0.00398. The van der Waals surface area contributed by atoms with Crippen LogP contribution in [0.15, 0.2) is 30.3 Å². The van der Waals surface area contributed by atoms with Crippen LogP contribution in [-0.4, -0.2) is 49.1 Å². The molecular weight excluding hydrogens is 350 g/mol. The van der Waals surface area contributed by atoms with Crippen LogP contribution in [0.2, 0.25) is 0 Å². The summed E-state index contributed by atoms with van der Waals surface area (Å²) in [5.74, 6) is -0.544. The molecule has 27 heavy (non-hydrogen) atoms. The van der Waals surface area contributed by atoms with Gasteiger partial charge in [0.2, 0.25) is 0 Å². The van der Waals surface area contributed by atoms with E-state index in [1.165, 1.54) is 0 Å². The van der Waals surface area contributed by atoms with Crippen molar-refractivity contribution in [3.63, 3.8) is 0 Å². The van der Waals surface area contributed by atoms with Gasteiger partial charge in [-0.15, -0.1) is 0 Å². The Bertz CT molecular complexity index is 613. The first kappa shape index (κ1) is 21.2. The van der Waals surface area contributed by atoms with Crippen LogP contribution in [0.3, 0.4) is 0 Å². The second kappa shape index (κ2) is 9.71. The summed E-state index contributed by atoms with van der Waals surface area (Å²) in [6, 6.07) is 8.91. The second-order valence-electron chi connectivity index (χ2n) is 7.64. The summed E-state index contributed by atoms with van der Waals surface area (Å²) in [5, 5.41) is 2.51. The summed E-state index contributed by atoms with van der Waals surface area (Å²) >= 11 is 0. The summed E-state index contributed by atoms with van der Waals surface area (Å²) in [4.78, 5) is 24.2. The number of alkyl carbamates (subject to hydrolysis) is 1. The summed E-state index contributed by atoms with van der Waals surface area (Å²) in [5.41, 5.74) is 0.406. The molecule has 1 heterocycles. The fraction of sp³-hybridized carbons (Fsp3) is 0.600. The molecule has 0 saturated carbocycles. The maximum atomic E-state index is 12.3. The highest BCUT2D eigenvalue weighted by atomic mass is 16.6. The number of amides is 1. The molecule has 2 unspecified atom stereocenters. The first-order valence-corrected chi connectivity index (χ1v) is 9.16. The number of cyclic esters (lactones) is 1. The normalized spacial score (nSPS) is 24.1. The second-order valence-corrected chi connectivity index (χ2v) is 7.64. The zero-order valence-electron chi connectivity index (χ0n) is 16.4. The number of ether oxygens (including phenoxy) is 4. The van der Waals surface area contributed by atoms with Gasteiger partial charge in [0.1, 0.15) is 11.7 Å². The average Bonchev–Trinajstić information content (AvgIpc) is 2.63. The average molecular weight is 379 g/mol. The molecule has 1 N–H and O–H groups in total. The first-order valence-electron chi connectivity index (χ1n) is 9.16. The number of carbonyl (C=O) groups excluding carboxylic acids is 2. The molecule has 3 atom stereocenters. The number of esters is 1. The van der Waals surface area contributed by atoms with Gasteiger partial charge in [0.05, 0.1) is 25.9 Å². The summed E-state index contributed by atoms with van der Waals surface area (Å²) < 4.78 is 22.2. The maximum absolute atomic E-state index is 12.3. The van der Waals surface area contributed by atoms with Gasteiger partial charge in [-0.05, 0) is 33.3 Å². The molecule has 0 bridgehead atoms. The van der Waals surface area contributed by atoms with Crippen molar-refractivity contribution < 1.29 is 28.5 Å². The fourth-order valence-corrected chi connectivity index (χ4v) is 2.61. The zero-order valence-corrected chi connectivity index (χ0v) is 16.4. The minimum atomic E-state index is -0.921. The van der Waals surface area contributed by atoms with Gasteiger partial charge in [-0.25, -0.2) is 9.59 Å². The van der Waals surface area contributed by atoms with Crippen LogP contribution < -0.4 is 5.32 Å². The van der Waals surface area contributed by atoms with Crippen LogP contribution in [0.1, 0.15) is 39.7 Å². The van der Waals surface area contributed by atoms with E-state index in [9.17, 15) is 9.59 Å². The first-order chi connectivity index (χ1) is 12.7. The predicted molar refractivity (Wildman–Crippen MR) is 99.2 cm³/mol. The van der Waals surface area contributed by atoms with E-state index in [-0.39, 0.29) is 18.8 Å². The van der Waals surface area contributed by atoms with Gasteiger partial charge < -0.3 is 24.3 Å². The van der Waals surface area contributed by atoms with E-state index in [4.69, 9.17) is 18.9 Å². The quantitative estimate of drug-likeness (QED) is 0.810. The smallest absolute Gasteiger partial charge is 0.408 e. The van der Waals surface area contributed by atoms with Crippen LogP contribution in [0.25, 0.3) is 0 Å².